The summed E-state index contributed by atoms with van der Waals surface area (Å²) in [5.41, 5.74) is 0.500. The molecule has 0 bridgehead atoms. The Morgan fingerprint density at radius 1 is 1.47 bits per heavy atom. The van der Waals surface area contributed by atoms with Gasteiger partial charge in [-0.1, -0.05) is 23.2 Å². The standard InChI is InChI=1S/C11H9BrCl2N4O/c1-2-18-4-6(12)3-7(18)11(19)17-10-8(13)9(14)15-5-16-10/h3-5H,2H2,1H3,(H,15,16,17,19). The van der Waals surface area contributed by atoms with Crippen LogP contribution in [-0.2, 0) is 6.54 Å². The Hall–Kier alpha value is -1.11. The monoisotopic (exact) mass is 362 g/mol. The van der Waals surface area contributed by atoms with Gasteiger partial charge in [0.05, 0.1) is 0 Å². The van der Waals surface area contributed by atoms with Gasteiger partial charge in [0.25, 0.3) is 5.91 Å². The fourth-order valence-corrected chi connectivity index (χ4v) is 2.28. The number of hydrogen-bond donors (Lipinski definition) is 1. The van der Waals surface area contributed by atoms with Gasteiger partial charge in [0.1, 0.15) is 17.0 Å². The smallest absolute Gasteiger partial charge is 0.273 e. The molecule has 2 heterocycles. The van der Waals surface area contributed by atoms with Crippen LogP contribution in [0.25, 0.3) is 0 Å². The molecule has 1 N–H and O–H groups in total. The first-order chi connectivity index (χ1) is 9.02. The van der Waals surface area contributed by atoms with E-state index >= 15 is 0 Å². The van der Waals surface area contributed by atoms with Crippen molar-refractivity contribution in [2.24, 2.45) is 0 Å². The van der Waals surface area contributed by atoms with Crippen LogP contribution in [0, 0.1) is 0 Å². The second-order valence-corrected chi connectivity index (χ2v) is 5.26. The summed E-state index contributed by atoms with van der Waals surface area (Å²) in [5, 5.41) is 2.82. The van der Waals surface area contributed by atoms with Crippen molar-refractivity contribution in [3.8, 4) is 0 Å². The Kier molecular flexibility index (Phi) is 4.44. The van der Waals surface area contributed by atoms with Crippen LogP contribution in [0.5, 0.6) is 0 Å². The van der Waals surface area contributed by atoms with Crippen molar-refractivity contribution in [1.29, 1.82) is 0 Å². The molecule has 0 saturated heterocycles. The first-order valence-corrected chi connectivity index (χ1v) is 6.90. The molecule has 0 aliphatic rings. The molecule has 0 aliphatic heterocycles. The van der Waals surface area contributed by atoms with E-state index in [0.29, 0.717) is 12.2 Å². The number of anilines is 1. The molecule has 2 aromatic heterocycles. The Morgan fingerprint density at radius 2 is 2.21 bits per heavy atom. The number of aryl methyl sites for hydroxylation is 1. The van der Waals surface area contributed by atoms with Crippen LogP contribution in [0.15, 0.2) is 23.1 Å². The molecule has 0 aliphatic carbocycles. The van der Waals surface area contributed by atoms with Crippen LogP contribution < -0.4 is 5.32 Å². The fourth-order valence-electron chi connectivity index (χ4n) is 1.53. The van der Waals surface area contributed by atoms with E-state index in [9.17, 15) is 4.79 Å². The molecule has 2 rings (SSSR count). The normalized spacial score (nSPS) is 10.5. The van der Waals surface area contributed by atoms with E-state index in [1.54, 1.807) is 10.6 Å². The molecule has 0 spiro atoms. The number of aromatic nitrogens is 3. The summed E-state index contributed by atoms with van der Waals surface area (Å²) < 4.78 is 2.63. The summed E-state index contributed by atoms with van der Waals surface area (Å²) in [5.74, 6) is -0.129. The summed E-state index contributed by atoms with van der Waals surface area (Å²) >= 11 is 15.0. The van der Waals surface area contributed by atoms with Crippen molar-refractivity contribution in [2.45, 2.75) is 13.5 Å². The van der Waals surface area contributed by atoms with E-state index in [0.717, 1.165) is 4.47 Å². The highest BCUT2D eigenvalue weighted by molar-refractivity contribution is 9.10. The topological polar surface area (TPSA) is 59.8 Å². The van der Waals surface area contributed by atoms with Crippen LogP contribution >= 0.6 is 39.1 Å². The SMILES string of the molecule is CCn1cc(Br)cc1C(=O)Nc1ncnc(Cl)c1Cl. The zero-order valence-electron chi connectivity index (χ0n) is 9.82. The van der Waals surface area contributed by atoms with Crippen LogP contribution in [0.4, 0.5) is 5.82 Å². The molecular weight excluding hydrogens is 355 g/mol. The highest BCUT2D eigenvalue weighted by atomic mass is 79.9. The molecule has 0 fully saturated rings. The molecule has 8 heteroatoms. The minimum Gasteiger partial charge on any atom is -0.343 e. The third kappa shape index (κ3) is 3.08. The molecule has 5 nitrogen and oxygen atoms in total. The lowest BCUT2D eigenvalue weighted by Crippen LogP contribution is -2.17. The largest absolute Gasteiger partial charge is 0.343 e. The number of halogens is 3. The second-order valence-electron chi connectivity index (χ2n) is 3.61. The predicted molar refractivity (Wildman–Crippen MR) is 77.8 cm³/mol. The summed E-state index contributed by atoms with van der Waals surface area (Å²) in [4.78, 5) is 19.8. The zero-order valence-corrected chi connectivity index (χ0v) is 12.9. The minimum atomic E-state index is -0.316. The third-order valence-electron chi connectivity index (χ3n) is 2.42. The van der Waals surface area contributed by atoms with E-state index in [4.69, 9.17) is 23.2 Å². The molecule has 0 unspecified atom stereocenters. The summed E-state index contributed by atoms with van der Waals surface area (Å²) in [6.07, 6.45) is 3.06. The van der Waals surface area contributed by atoms with Gasteiger partial charge in [-0.2, -0.15) is 0 Å². The van der Waals surface area contributed by atoms with Gasteiger partial charge >= 0.3 is 0 Å². The van der Waals surface area contributed by atoms with E-state index in [1.807, 2.05) is 13.1 Å². The number of carbonyl (C=O) groups excluding carboxylic acids is 1. The van der Waals surface area contributed by atoms with Crippen molar-refractivity contribution in [2.75, 3.05) is 5.32 Å². The van der Waals surface area contributed by atoms with Crippen LogP contribution in [0.3, 0.4) is 0 Å². The molecule has 0 radical (unpaired) electrons. The van der Waals surface area contributed by atoms with Crippen LogP contribution in [0.1, 0.15) is 17.4 Å². The number of carbonyl (C=O) groups is 1. The molecule has 2 aromatic rings. The lowest BCUT2D eigenvalue weighted by Gasteiger charge is -2.08. The Bertz CT molecular complexity index is 629. The van der Waals surface area contributed by atoms with Crippen LogP contribution in [0.2, 0.25) is 10.2 Å². The van der Waals surface area contributed by atoms with Gasteiger partial charge in [0.15, 0.2) is 11.0 Å². The average molecular weight is 364 g/mol. The fraction of sp³-hybridized carbons (Fsp3) is 0.182. The quantitative estimate of drug-likeness (QED) is 0.847. The lowest BCUT2D eigenvalue weighted by atomic mass is 10.4. The molecule has 100 valence electrons. The number of nitrogens with one attached hydrogen (secondary N) is 1. The van der Waals surface area contributed by atoms with Gasteiger partial charge < -0.3 is 9.88 Å². The first kappa shape index (κ1) is 14.3. The number of amides is 1. The minimum absolute atomic E-state index is 0.0963. The van der Waals surface area contributed by atoms with Gasteiger partial charge in [0.2, 0.25) is 0 Å². The Balaban J connectivity index is 2.28. The van der Waals surface area contributed by atoms with Crippen molar-refractivity contribution >= 4 is 50.9 Å². The first-order valence-electron chi connectivity index (χ1n) is 5.36. The Morgan fingerprint density at radius 3 is 2.89 bits per heavy atom. The maximum atomic E-state index is 12.2. The lowest BCUT2D eigenvalue weighted by molar-refractivity contribution is 0.101. The molecule has 1 amide bonds. The van der Waals surface area contributed by atoms with E-state index < -0.39 is 0 Å². The van der Waals surface area contributed by atoms with Gasteiger partial charge in [0, 0.05) is 17.2 Å². The number of hydrogen-bond acceptors (Lipinski definition) is 3. The Labute approximate surface area is 128 Å². The van der Waals surface area contributed by atoms with Crippen molar-refractivity contribution < 1.29 is 4.79 Å². The molecule has 0 aromatic carbocycles. The van der Waals surface area contributed by atoms with Crippen molar-refractivity contribution in [1.82, 2.24) is 14.5 Å². The molecular formula is C11H9BrCl2N4O. The van der Waals surface area contributed by atoms with Gasteiger partial charge in [-0.15, -0.1) is 0 Å². The summed E-state index contributed by atoms with van der Waals surface area (Å²) in [6.45, 7) is 2.62. The predicted octanol–water partition coefficient (Wildman–Crippen LogP) is 3.62. The van der Waals surface area contributed by atoms with Gasteiger partial charge in [-0.05, 0) is 28.9 Å². The zero-order chi connectivity index (χ0) is 14.0. The molecule has 19 heavy (non-hydrogen) atoms. The highest BCUT2D eigenvalue weighted by Gasteiger charge is 2.15. The average Bonchev–Trinajstić information content (AvgIpc) is 2.76. The van der Waals surface area contributed by atoms with Gasteiger partial charge in [-0.25, -0.2) is 9.97 Å². The third-order valence-corrected chi connectivity index (χ3v) is 3.59. The maximum absolute atomic E-state index is 12.2. The van der Waals surface area contributed by atoms with Crippen molar-refractivity contribution in [3.05, 3.63) is 38.9 Å². The molecule has 0 atom stereocenters. The highest BCUT2D eigenvalue weighted by Crippen LogP contribution is 2.26. The van der Waals surface area contributed by atoms with E-state index in [-0.39, 0.29) is 21.9 Å². The maximum Gasteiger partial charge on any atom is 0.273 e. The number of nitrogens with zero attached hydrogens (tertiary/aromatic N) is 3. The summed E-state index contributed by atoms with van der Waals surface area (Å²) in [6, 6.07) is 1.72. The van der Waals surface area contributed by atoms with Gasteiger partial charge in [-0.3, -0.25) is 4.79 Å². The summed E-state index contributed by atoms with van der Waals surface area (Å²) in [7, 11) is 0. The van der Waals surface area contributed by atoms with Crippen molar-refractivity contribution in [3.63, 3.8) is 0 Å². The number of rotatable bonds is 3. The van der Waals surface area contributed by atoms with Crippen LogP contribution in [-0.4, -0.2) is 20.4 Å². The second kappa shape index (κ2) is 5.90. The van der Waals surface area contributed by atoms with E-state index in [2.05, 4.69) is 31.2 Å². The molecule has 0 saturated carbocycles. The van der Waals surface area contributed by atoms with E-state index in [1.165, 1.54) is 6.33 Å².